The van der Waals surface area contributed by atoms with Gasteiger partial charge in [-0.2, -0.15) is 0 Å². The average Bonchev–Trinajstić information content (AvgIpc) is 3.14. The van der Waals surface area contributed by atoms with Gasteiger partial charge >= 0.3 is 0 Å². The Morgan fingerprint density at radius 2 is 2.10 bits per heavy atom. The lowest BCUT2D eigenvalue weighted by atomic mass is 10.3. The predicted molar refractivity (Wildman–Crippen MR) is 117 cm³/mol. The Morgan fingerprint density at radius 1 is 1.33 bits per heavy atom. The molecule has 1 aromatic carbocycles. The standard InChI is InChI=1S/C17H18Cl2N6O3S2/c1-25-7-6-21-16(25)11(20)9-29-13-8-22-15(17(23-13)28-2)24-30(26,27)12-5-3-4-10(18)14(12)19/h3-8,11H,9,20H2,1-2H3,(H,22,24). The fourth-order valence-electron chi connectivity index (χ4n) is 2.50. The van der Waals surface area contributed by atoms with Crippen LogP contribution in [0.1, 0.15) is 11.9 Å². The van der Waals surface area contributed by atoms with Crippen LogP contribution < -0.4 is 15.2 Å². The second kappa shape index (κ2) is 9.40. The van der Waals surface area contributed by atoms with Crippen molar-refractivity contribution in [1.82, 2.24) is 19.5 Å². The minimum absolute atomic E-state index is 0.00675. The summed E-state index contributed by atoms with van der Waals surface area (Å²) in [5.74, 6) is 1.16. The van der Waals surface area contributed by atoms with E-state index in [0.29, 0.717) is 10.8 Å². The molecule has 0 spiro atoms. The zero-order valence-corrected chi connectivity index (χ0v) is 19.1. The monoisotopic (exact) mass is 488 g/mol. The van der Waals surface area contributed by atoms with Gasteiger partial charge in [-0.1, -0.05) is 29.3 Å². The molecule has 0 aliphatic carbocycles. The number of sulfonamides is 1. The third-order valence-electron chi connectivity index (χ3n) is 3.95. The van der Waals surface area contributed by atoms with Crippen molar-refractivity contribution in [3.8, 4) is 5.88 Å². The Morgan fingerprint density at radius 3 is 2.77 bits per heavy atom. The van der Waals surface area contributed by atoms with Crippen molar-refractivity contribution < 1.29 is 13.2 Å². The molecular weight excluding hydrogens is 471 g/mol. The molecule has 13 heteroatoms. The fourth-order valence-corrected chi connectivity index (χ4v) is 5.04. The number of hydrogen-bond acceptors (Lipinski definition) is 8. The summed E-state index contributed by atoms with van der Waals surface area (Å²) in [6, 6.07) is 3.99. The molecule has 9 nitrogen and oxygen atoms in total. The van der Waals surface area contributed by atoms with E-state index in [1.165, 1.54) is 43.3 Å². The van der Waals surface area contributed by atoms with Crippen LogP contribution in [0, 0.1) is 0 Å². The number of benzene rings is 1. The zero-order valence-electron chi connectivity index (χ0n) is 15.9. The Labute approximate surface area is 188 Å². The molecule has 0 amide bonds. The van der Waals surface area contributed by atoms with Crippen molar-refractivity contribution in [2.24, 2.45) is 12.8 Å². The molecule has 1 atom stereocenters. The van der Waals surface area contributed by atoms with Crippen LogP contribution in [-0.2, 0) is 17.1 Å². The van der Waals surface area contributed by atoms with Crippen LogP contribution in [-0.4, -0.2) is 40.8 Å². The number of ether oxygens (including phenoxy) is 1. The number of aromatic nitrogens is 4. The molecular formula is C17H18Cl2N6O3S2. The molecule has 3 aromatic rings. The lowest BCUT2D eigenvalue weighted by Crippen LogP contribution is -2.18. The summed E-state index contributed by atoms with van der Waals surface area (Å²) in [7, 11) is -0.832. The molecule has 0 saturated heterocycles. The molecule has 30 heavy (non-hydrogen) atoms. The molecule has 0 aliphatic rings. The molecule has 0 fully saturated rings. The quantitative estimate of drug-likeness (QED) is 0.463. The molecule has 1 unspecified atom stereocenters. The molecule has 3 rings (SSSR count). The van der Waals surface area contributed by atoms with Crippen molar-refractivity contribution in [3.05, 3.63) is 52.7 Å². The molecule has 0 bridgehead atoms. The molecule has 160 valence electrons. The molecule has 0 radical (unpaired) electrons. The highest BCUT2D eigenvalue weighted by Gasteiger charge is 2.23. The van der Waals surface area contributed by atoms with Crippen LogP contribution in [0.2, 0.25) is 10.0 Å². The average molecular weight is 489 g/mol. The highest BCUT2D eigenvalue weighted by molar-refractivity contribution is 7.99. The molecule has 0 aliphatic heterocycles. The lowest BCUT2D eigenvalue weighted by molar-refractivity contribution is 0.394. The number of rotatable bonds is 8. The minimum atomic E-state index is -4.06. The van der Waals surface area contributed by atoms with Gasteiger partial charge in [-0.15, -0.1) is 11.8 Å². The lowest BCUT2D eigenvalue weighted by Gasteiger charge is -2.13. The zero-order chi connectivity index (χ0) is 21.9. The van der Waals surface area contributed by atoms with Gasteiger partial charge in [0.1, 0.15) is 15.7 Å². The number of methoxy groups -OCH3 is 1. The van der Waals surface area contributed by atoms with Gasteiger partial charge in [-0.3, -0.25) is 4.72 Å². The van der Waals surface area contributed by atoms with Crippen LogP contribution in [0.4, 0.5) is 5.82 Å². The van der Waals surface area contributed by atoms with Crippen molar-refractivity contribution in [1.29, 1.82) is 0 Å². The maximum absolute atomic E-state index is 12.7. The minimum Gasteiger partial charge on any atom is -0.478 e. The highest BCUT2D eigenvalue weighted by atomic mass is 35.5. The van der Waals surface area contributed by atoms with Gasteiger partial charge in [-0.05, 0) is 12.1 Å². The first-order chi connectivity index (χ1) is 14.2. The first-order valence-corrected chi connectivity index (χ1v) is 11.7. The first-order valence-electron chi connectivity index (χ1n) is 8.46. The summed E-state index contributed by atoms with van der Waals surface area (Å²) in [4.78, 5) is 12.5. The Balaban J connectivity index is 1.77. The highest BCUT2D eigenvalue weighted by Crippen LogP contribution is 2.32. The second-order valence-corrected chi connectivity index (χ2v) is 9.51. The fraction of sp³-hybridized carbons (Fsp3) is 0.235. The number of nitrogens with one attached hydrogen (secondary N) is 1. The van der Waals surface area contributed by atoms with Crippen molar-refractivity contribution in [2.45, 2.75) is 16.0 Å². The van der Waals surface area contributed by atoms with Crippen LogP contribution in [0.5, 0.6) is 5.88 Å². The number of aryl methyl sites for hydroxylation is 1. The van der Waals surface area contributed by atoms with E-state index < -0.39 is 10.0 Å². The van der Waals surface area contributed by atoms with Crippen molar-refractivity contribution in [2.75, 3.05) is 17.6 Å². The molecule has 2 heterocycles. The largest absolute Gasteiger partial charge is 0.478 e. The third kappa shape index (κ3) is 4.98. The van der Waals surface area contributed by atoms with Gasteiger partial charge in [0.25, 0.3) is 15.9 Å². The molecule has 0 saturated carbocycles. The number of halogens is 2. The maximum Gasteiger partial charge on any atom is 0.264 e. The summed E-state index contributed by atoms with van der Waals surface area (Å²) in [6.45, 7) is 0. The van der Waals surface area contributed by atoms with Crippen LogP contribution >= 0.6 is 35.0 Å². The smallest absolute Gasteiger partial charge is 0.264 e. The van der Waals surface area contributed by atoms with E-state index in [1.807, 2.05) is 17.8 Å². The van der Waals surface area contributed by atoms with E-state index in [1.54, 1.807) is 6.20 Å². The van der Waals surface area contributed by atoms with E-state index in [-0.39, 0.29) is 32.7 Å². The number of hydrogen-bond donors (Lipinski definition) is 2. The van der Waals surface area contributed by atoms with E-state index in [2.05, 4.69) is 19.7 Å². The third-order valence-corrected chi connectivity index (χ3v) is 7.28. The summed E-state index contributed by atoms with van der Waals surface area (Å²) < 4.78 is 34.8. The topological polar surface area (TPSA) is 125 Å². The SMILES string of the molecule is COc1nc(SCC(N)c2nccn2C)cnc1NS(=O)(=O)c1cccc(Cl)c1Cl. The summed E-state index contributed by atoms with van der Waals surface area (Å²) >= 11 is 13.3. The summed E-state index contributed by atoms with van der Waals surface area (Å²) in [6.07, 6.45) is 4.92. The molecule has 3 N–H and O–H groups in total. The van der Waals surface area contributed by atoms with E-state index in [9.17, 15) is 8.42 Å². The van der Waals surface area contributed by atoms with Gasteiger partial charge < -0.3 is 15.0 Å². The van der Waals surface area contributed by atoms with Gasteiger partial charge in [0.05, 0.1) is 29.4 Å². The Hall–Kier alpha value is -2.05. The van der Waals surface area contributed by atoms with Gasteiger partial charge in [0.2, 0.25) is 5.82 Å². The van der Waals surface area contributed by atoms with Gasteiger partial charge in [0.15, 0.2) is 0 Å². The van der Waals surface area contributed by atoms with Gasteiger partial charge in [-0.25, -0.2) is 23.4 Å². The second-order valence-electron chi connectivity index (χ2n) is 6.04. The van der Waals surface area contributed by atoms with Crippen LogP contribution in [0.15, 0.2) is 46.7 Å². The first kappa shape index (κ1) is 22.6. The van der Waals surface area contributed by atoms with Crippen molar-refractivity contribution >= 4 is 50.8 Å². The van der Waals surface area contributed by atoms with E-state index in [0.717, 1.165) is 5.82 Å². The normalized spacial score (nSPS) is 12.6. The molecule has 2 aromatic heterocycles. The number of anilines is 1. The van der Waals surface area contributed by atoms with Crippen LogP contribution in [0.3, 0.4) is 0 Å². The van der Waals surface area contributed by atoms with Crippen LogP contribution in [0.25, 0.3) is 0 Å². The van der Waals surface area contributed by atoms with Gasteiger partial charge in [0, 0.05) is 25.2 Å². The van der Waals surface area contributed by atoms with E-state index >= 15 is 0 Å². The summed E-state index contributed by atoms with van der Waals surface area (Å²) in [5.41, 5.74) is 6.16. The Kier molecular flexibility index (Phi) is 7.09. The number of nitrogens with zero attached hydrogens (tertiary/aromatic N) is 4. The predicted octanol–water partition coefficient (Wildman–Crippen LogP) is 3.12. The number of nitrogens with two attached hydrogens (primary N) is 1. The number of imidazole rings is 1. The summed E-state index contributed by atoms with van der Waals surface area (Å²) in [5, 5.41) is 0.544. The Bertz CT molecular complexity index is 1160. The maximum atomic E-state index is 12.7. The van der Waals surface area contributed by atoms with E-state index in [4.69, 9.17) is 33.7 Å². The number of thioether (sulfide) groups is 1. The van der Waals surface area contributed by atoms with Crippen molar-refractivity contribution in [3.63, 3.8) is 0 Å².